The summed E-state index contributed by atoms with van der Waals surface area (Å²) in [5.74, 6) is 2.68. The van der Waals surface area contributed by atoms with E-state index in [9.17, 15) is 20.1 Å². The van der Waals surface area contributed by atoms with Gasteiger partial charge in [0.05, 0.1) is 59.9 Å². The summed E-state index contributed by atoms with van der Waals surface area (Å²) >= 11 is 0. The van der Waals surface area contributed by atoms with E-state index in [1.807, 2.05) is 79.7 Å². The van der Waals surface area contributed by atoms with Crippen molar-refractivity contribution in [3.05, 3.63) is 105 Å². The monoisotopic (exact) mass is 726 g/mol. The minimum atomic E-state index is -0.402. The summed E-state index contributed by atoms with van der Waals surface area (Å²) in [5.41, 5.74) is 6.75. The molecule has 0 spiro atoms. The highest BCUT2D eigenvalue weighted by Gasteiger charge is 2.25. The van der Waals surface area contributed by atoms with E-state index in [2.05, 4.69) is 10.6 Å². The number of rotatable bonds is 19. The third-order valence-electron chi connectivity index (χ3n) is 9.20. The zero-order chi connectivity index (χ0) is 37.7. The lowest BCUT2D eigenvalue weighted by Gasteiger charge is -2.29. The van der Waals surface area contributed by atoms with Gasteiger partial charge in [-0.2, -0.15) is 0 Å². The lowest BCUT2D eigenvalue weighted by Crippen LogP contribution is -2.38. The van der Waals surface area contributed by atoms with Crippen molar-refractivity contribution in [3.63, 3.8) is 0 Å². The van der Waals surface area contributed by atoms with Gasteiger partial charge in [0.25, 0.3) is 5.91 Å². The number of carbonyl (C=O) groups is 1. The van der Waals surface area contributed by atoms with Gasteiger partial charge in [-0.3, -0.25) is 4.79 Å². The van der Waals surface area contributed by atoms with Crippen LogP contribution in [0, 0.1) is 6.92 Å². The van der Waals surface area contributed by atoms with Gasteiger partial charge < -0.3 is 49.6 Å². The molecule has 0 saturated carbocycles. The predicted octanol–water partition coefficient (Wildman–Crippen LogP) is 6.93. The van der Waals surface area contributed by atoms with Gasteiger partial charge in [-0.05, 0) is 90.6 Å². The minimum Gasteiger partial charge on any atom is -0.496 e. The lowest BCUT2D eigenvalue weighted by molar-refractivity contribution is 0.0935. The summed E-state index contributed by atoms with van der Waals surface area (Å²) in [6.45, 7) is 2.39. The topological polar surface area (TPSA) is 148 Å². The smallest absolute Gasteiger partial charge is 0.255 e. The molecule has 282 valence electrons. The van der Waals surface area contributed by atoms with Crippen molar-refractivity contribution >= 4 is 23.7 Å². The van der Waals surface area contributed by atoms with Gasteiger partial charge in [-0.25, -0.2) is 0 Å². The van der Waals surface area contributed by atoms with Crippen molar-refractivity contribution in [2.75, 3.05) is 39.9 Å². The highest BCUT2D eigenvalue weighted by Crippen LogP contribution is 2.39. The molecule has 1 aliphatic rings. The van der Waals surface area contributed by atoms with Gasteiger partial charge in [0.15, 0.2) is 11.5 Å². The van der Waals surface area contributed by atoms with E-state index in [1.165, 1.54) is 7.11 Å². The molecule has 4 aromatic rings. The average Bonchev–Trinajstić information content (AvgIpc) is 3.18. The Morgan fingerprint density at radius 3 is 1.91 bits per heavy atom. The molecule has 1 heterocycles. The molecule has 5 N–H and O–H groups in total. The van der Waals surface area contributed by atoms with Gasteiger partial charge in [0.2, 0.25) is 5.75 Å². The Labute approximate surface area is 311 Å². The van der Waals surface area contributed by atoms with Crippen LogP contribution in [-0.2, 0) is 19.8 Å². The SMILES string of the molecule is COc1cc(/C=C\c2cc(OC)c(OCCCCCCCOc3ccc(C4NC(=O)c5cc(C)ccc5N4)cc3CO)c(OC)c2)cc(CO)c1CO. The maximum absolute atomic E-state index is 12.7. The number of anilines is 1. The first kappa shape index (κ1) is 39.0. The number of hydrogen-bond acceptors (Lipinski definition) is 10. The van der Waals surface area contributed by atoms with Crippen LogP contribution in [0.4, 0.5) is 5.69 Å². The van der Waals surface area contributed by atoms with Gasteiger partial charge in [0, 0.05) is 16.8 Å². The van der Waals surface area contributed by atoms with E-state index in [4.69, 9.17) is 23.7 Å². The molecule has 0 saturated heterocycles. The highest BCUT2D eigenvalue weighted by atomic mass is 16.5. The zero-order valence-corrected chi connectivity index (χ0v) is 30.9. The molecule has 5 rings (SSSR count). The van der Waals surface area contributed by atoms with Crippen molar-refractivity contribution in [2.45, 2.75) is 65.0 Å². The number of aliphatic hydroxyl groups is 3. The fraction of sp³-hybridized carbons (Fsp3) is 0.357. The zero-order valence-electron chi connectivity index (χ0n) is 30.9. The number of amides is 1. The van der Waals surface area contributed by atoms with Crippen LogP contribution in [0.1, 0.15) is 87.6 Å². The molecule has 53 heavy (non-hydrogen) atoms. The Morgan fingerprint density at radius 1 is 0.642 bits per heavy atom. The number of unbranched alkanes of at least 4 members (excludes halogenated alkanes) is 4. The summed E-state index contributed by atoms with van der Waals surface area (Å²) in [6, 6.07) is 18.8. The largest absolute Gasteiger partial charge is 0.496 e. The second-order valence-electron chi connectivity index (χ2n) is 12.9. The Bertz CT molecular complexity index is 1840. The summed E-state index contributed by atoms with van der Waals surface area (Å²) in [7, 11) is 4.71. The molecule has 11 heteroatoms. The van der Waals surface area contributed by atoms with Crippen LogP contribution >= 0.6 is 0 Å². The Kier molecular flexibility index (Phi) is 14.0. The first-order valence-electron chi connectivity index (χ1n) is 17.8. The van der Waals surface area contributed by atoms with Crippen molar-refractivity contribution < 1.29 is 43.8 Å². The van der Waals surface area contributed by atoms with Gasteiger partial charge in [-0.1, -0.05) is 49.1 Å². The first-order valence-corrected chi connectivity index (χ1v) is 17.8. The van der Waals surface area contributed by atoms with Gasteiger partial charge in [-0.15, -0.1) is 0 Å². The number of benzene rings is 4. The molecule has 0 radical (unpaired) electrons. The Hall–Kier alpha value is -5.23. The number of nitrogens with one attached hydrogen (secondary N) is 2. The number of aliphatic hydroxyl groups excluding tert-OH is 3. The Balaban J connectivity index is 1.06. The summed E-state index contributed by atoms with van der Waals surface area (Å²) < 4.78 is 28.9. The molecule has 0 fully saturated rings. The molecule has 11 nitrogen and oxygen atoms in total. The molecule has 1 unspecified atom stereocenters. The third kappa shape index (κ3) is 9.81. The molecular formula is C42H50N2O9. The molecule has 0 aromatic heterocycles. The Morgan fingerprint density at radius 2 is 1.26 bits per heavy atom. The highest BCUT2D eigenvalue weighted by molar-refractivity contribution is 6.01. The van der Waals surface area contributed by atoms with E-state index in [0.29, 0.717) is 64.2 Å². The third-order valence-corrected chi connectivity index (χ3v) is 9.20. The van der Waals surface area contributed by atoms with Crippen LogP contribution in [0.15, 0.2) is 60.7 Å². The van der Waals surface area contributed by atoms with Crippen molar-refractivity contribution in [3.8, 4) is 28.7 Å². The van der Waals surface area contributed by atoms with E-state index in [0.717, 1.165) is 60.0 Å². The molecule has 1 atom stereocenters. The predicted molar refractivity (Wildman–Crippen MR) is 205 cm³/mol. The molecule has 1 aliphatic heterocycles. The first-order chi connectivity index (χ1) is 25.8. The van der Waals surface area contributed by atoms with Crippen LogP contribution in [0.25, 0.3) is 12.2 Å². The minimum absolute atomic E-state index is 0.132. The van der Waals surface area contributed by atoms with Crippen LogP contribution in [0.5, 0.6) is 28.7 Å². The number of carbonyl (C=O) groups excluding carboxylic acids is 1. The fourth-order valence-electron chi connectivity index (χ4n) is 6.33. The lowest BCUT2D eigenvalue weighted by atomic mass is 10.0. The standard InChI is InChI=1S/C42H50N2O9/c1-27-10-14-35-33(18-27)42(48)44-41(43-35)30-13-15-36(32(23-30)25-46)52-16-8-6-5-7-9-17-53-40-38(50-3)21-29(22-39(40)51-4)12-11-28-19-31(24-45)34(26-47)37(20-28)49-2/h10-15,18-23,41,43,45-47H,5-9,16-17,24-26H2,1-4H3,(H,44,48)/b12-11-. The van der Waals surface area contributed by atoms with E-state index in [-0.39, 0.29) is 25.7 Å². The van der Waals surface area contributed by atoms with E-state index >= 15 is 0 Å². The summed E-state index contributed by atoms with van der Waals surface area (Å²) in [5, 5.41) is 35.9. The van der Waals surface area contributed by atoms with Crippen LogP contribution in [0.2, 0.25) is 0 Å². The van der Waals surface area contributed by atoms with E-state index in [1.54, 1.807) is 14.2 Å². The average molecular weight is 727 g/mol. The number of hydrogen-bond donors (Lipinski definition) is 5. The molecule has 0 bridgehead atoms. The number of fused-ring (bicyclic) bond motifs is 1. The van der Waals surface area contributed by atoms with Crippen molar-refractivity contribution in [1.29, 1.82) is 0 Å². The van der Waals surface area contributed by atoms with Crippen LogP contribution in [0.3, 0.4) is 0 Å². The fourth-order valence-corrected chi connectivity index (χ4v) is 6.33. The maximum atomic E-state index is 12.7. The van der Waals surface area contributed by atoms with E-state index < -0.39 is 6.17 Å². The molecule has 1 amide bonds. The number of ether oxygens (including phenoxy) is 5. The molecule has 4 aromatic carbocycles. The van der Waals surface area contributed by atoms with Gasteiger partial charge >= 0.3 is 0 Å². The maximum Gasteiger partial charge on any atom is 0.255 e. The van der Waals surface area contributed by atoms with Gasteiger partial charge in [0.1, 0.15) is 17.7 Å². The normalized spacial score (nSPS) is 13.6. The summed E-state index contributed by atoms with van der Waals surface area (Å²) in [6.07, 6.45) is 8.13. The number of aryl methyl sites for hydroxylation is 1. The summed E-state index contributed by atoms with van der Waals surface area (Å²) in [4.78, 5) is 12.7. The number of methoxy groups -OCH3 is 3. The van der Waals surface area contributed by atoms with Crippen LogP contribution < -0.4 is 34.3 Å². The second-order valence-corrected chi connectivity index (χ2v) is 12.9. The van der Waals surface area contributed by atoms with Crippen LogP contribution in [-0.4, -0.2) is 55.8 Å². The molecular weight excluding hydrogens is 676 g/mol. The second kappa shape index (κ2) is 19.0. The molecule has 0 aliphatic carbocycles. The quantitative estimate of drug-likeness (QED) is 0.0509. The van der Waals surface area contributed by atoms with Crippen molar-refractivity contribution in [1.82, 2.24) is 5.32 Å². The van der Waals surface area contributed by atoms with Crippen molar-refractivity contribution in [2.24, 2.45) is 0 Å².